The van der Waals surface area contributed by atoms with E-state index in [0.717, 1.165) is 25.5 Å². The van der Waals surface area contributed by atoms with E-state index in [0.29, 0.717) is 5.92 Å². The zero-order valence-electron chi connectivity index (χ0n) is 11.5. The molecule has 3 nitrogen and oxygen atoms in total. The number of aromatic nitrogens is 1. The molecule has 0 amide bonds. The number of hydrogen-bond acceptors (Lipinski definition) is 3. The summed E-state index contributed by atoms with van der Waals surface area (Å²) in [7, 11) is 1.97. The van der Waals surface area contributed by atoms with Crippen molar-refractivity contribution in [3.63, 3.8) is 0 Å². The highest BCUT2D eigenvalue weighted by Gasteiger charge is 2.09. The lowest BCUT2D eigenvalue weighted by atomic mass is 10.1. The minimum absolute atomic E-state index is 0.713. The van der Waals surface area contributed by atoms with Gasteiger partial charge in [0.1, 0.15) is 5.82 Å². The van der Waals surface area contributed by atoms with Gasteiger partial charge in [-0.25, -0.2) is 4.98 Å². The molecule has 1 N–H and O–H groups in total. The van der Waals surface area contributed by atoms with Gasteiger partial charge in [0.2, 0.25) is 0 Å². The number of hydrogen-bond donors (Lipinski definition) is 1. The smallest absolute Gasteiger partial charge is 0.128 e. The Bertz CT molecular complexity index is 325. The van der Waals surface area contributed by atoms with Gasteiger partial charge in [-0.3, -0.25) is 0 Å². The molecule has 0 radical (unpaired) electrons. The maximum atomic E-state index is 4.48. The van der Waals surface area contributed by atoms with Crippen LogP contribution in [0.1, 0.15) is 32.8 Å². The van der Waals surface area contributed by atoms with E-state index >= 15 is 0 Å². The summed E-state index contributed by atoms with van der Waals surface area (Å²) in [6, 6.07) is 4.25. The molecule has 1 rings (SSSR count). The van der Waals surface area contributed by atoms with E-state index in [9.17, 15) is 0 Å². The van der Waals surface area contributed by atoms with Gasteiger partial charge in [-0.05, 0) is 37.6 Å². The van der Waals surface area contributed by atoms with Gasteiger partial charge < -0.3 is 10.2 Å². The van der Waals surface area contributed by atoms with Crippen molar-refractivity contribution in [3.05, 3.63) is 23.9 Å². The molecule has 1 unspecified atom stereocenters. The molecule has 0 aliphatic heterocycles. The molecular formula is C14H25N3. The maximum absolute atomic E-state index is 4.48. The van der Waals surface area contributed by atoms with Crippen LogP contribution in [0.5, 0.6) is 0 Å². The summed E-state index contributed by atoms with van der Waals surface area (Å²) in [5.41, 5.74) is 1.29. The first kappa shape index (κ1) is 14.0. The fraction of sp³-hybridized carbons (Fsp3) is 0.643. The molecule has 1 heterocycles. The normalized spacial score (nSPS) is 12.5. The number of nitrogens with zero attached hydrogens (tertiary/aromatic N) is 2. The highest BCUT2D eigenvalue weighted by atomic mass is 15.2. The fourth-order valence-electron chi connectivity index (χ4n) is 1.84. The molecule has 17 heavy (non-hydrogen) atoms. The summed E-state index contributed by atoms with van der Waals surface area (Å²) in [5.74, 6) is 1.81. The molecule has 1 aromatic rings. The molecule has 0 fully saturated rings. The molecule has 0 spiro atoms. The minimum Gasteiger partial charge on any atom is -0.357 e. The summed E-state index contributed by atoms with van der Waals surface area (Å²) in [5, 5.41) is 3.17. The zero-order chi connectivity index (χ0) is 12.7. The first-order valence-corrected chi connectivity index (χ1v) is 6.55. The Morgan fingerprint density at radius 3 is 2.76 bits per heavy atom. The van der Waals surface area contributed by atoms with Gasteiger partial charge in [0.15, 0.2) is 0 Å². The van der Waals surface area contributed by atoms with Crippen molar-refractivity contribution in [1.29, 1.82) is 0 Å². The van der Waals surface area contributed by atoms with Crippen molar-refractivity contribution in [1.82, 2.24) is 10.3 Å². The predicted molar refractivity (Wildman–Crippen MR) is 74.3 cm³/mol. The third kappa shape index (κ3) is 4.35. The van der Waals surface area contributed by atoms with Gasteiger partial charge in [-0.1, -0.05) is 20.3 Å². The zero-order valence-corrected chi connectivity index (χ0v) is 11.5. The van der Waals surface area contributed by atoms with Gasteiger partial charge in [0, 0.05) is 25.8 Å². The maximum Gasteiger partial charge on any atom is 0.128 e. The van der Waals surface area contributed by atoms with E-state index < -0.39 is 0 Å². The first-order chi connectivity index (χ1) is 8.21. The molecule has 96 valence electrons. The van der Waals surface area contributed by atoms with Crippen molar-refractivity contribution in [2.45, 2.75) is 33.7 Å². The third-order valence-corrected chi connectivity index (χ3v) is 3.13. The second-order valence-electron chi connectivity index (χ2n) is 4.60. The summed E-state index contributed by atoms with van der Waals surface area (Å²) in [6.07, 6.45) is 3.12. The van der Waals surface area contributed by atoms with Crippen LogP contribution in [0.3, 0.4) is 0 Å². The van der Waals surface area contributed by atoms with Crippen molar-refractivity contribution >= 4 is 5.82 Å². The number of pyridine rings is 1. The molecule has 0 aliphatic carbocycles. The lowest BCUT2D eigenvalue weighted by Crippen LogP contribution is -2.29. The summed E-state index contributed by atoms with van der Waals surface area (Å²) < 4.78 is 0. The number of rotatable bonds is 7. The Kier molecular flexibility index (Phi) is 5.98. The molecule has 1 atom stereocenters. The average Bonchev–Trinajstić information content (AvgIpc) is 2.36. The first-order valence-electron chi connectivity index (χ1n) is 6.55. The van der Waals surface area contributed by atoms with Crippen LogP contribution in [0, 0.1) is 5.92 Å². The lowest BCUT2D eigenvalue weighted by molar-refractivity contribution is 0.545. The molecule has 0 bridgehead atoms. The van der Waals surface area contributed by atoms with Crippen LogP contribution in [0.25, 0.3) is 0 Å². The van der Waals surface area contributed by atoms with Crippen molar-refractivity contribution in [3.8, 4) is 0 Å². The molecule has 3 heteroatoms. The van der Waals surface area contributed by atoms with E-state index in [4.69, 9.17) is 0 Å². The number of anilines is 1. The number of nitrogens with one attached hydrogen (secondary N) is 1. The second-order valence-corrected chi connectivity index (χ2v) is 4.60. The molecular weight excluding hydrogens is 210 g/mol. The predicted octanol–water partition coefficient (Wildman–Crippen LogP) is 2.67. The van der Waals surface area contributed by atoms with Crippen molar-refractivity contribution in [2.24, 2.45) is 5.92 Å². The fourth-order valence-corrected chi connectivity index (χ4v) is 1.84. The largest absolute Gasteiger partial charge is 0.357 e. The topological polar surface area (TPSA) is 28.2 Å². The van der Waals surface area contributed by atoms with Gasteiger partial charge in [0.25, 0.3) is 0 Å². The van der Waals surface area contributed by atoms with E-state index in [2.05, 4.69) is 48.1 Å². The van der Waals surface area contributed by atoms with Crippen LogP contribution in [0.4, 0.5) is 5.82 Å². The second kappa shape index (κ2) is 7.28. The molecule has 0 aliphatic rings. The molecule has 0 saturated carbocycles. The van der Waals surface area contributed by atoms with Crippen LogP contribution in [-0.4, -0.2) is 25.1 Å². The van der Waals surface area contributed by atoms with E-state index in [1.165, 1.54) is 12.0 Å². The highest BCUT2D eigenvalue weighted by Crippen LogP contribution is 2.15. The Labute approximate surface area is 105 Å². The van der Waals surface area contributed by atoms with Crippen LogP contribution < -0.4 is 10.2 Å². The summed E-state index contributed by atoms with van der Waals surface area (Å²) in [4.78, 5) is 6.83. The van der Waals surface area contributed by atoms with Gasteiger partial charge in [-0.2, -0.15) is 0 Å². The Hall–Kier alpha value is -1.09. The molecule has 1 aromatic heterocycles. The Balaban J connectivity index is 2.76. The van der Waals surface area contributed by atoms with Gasteiger partial charge in [-0.15, -0.1) is 0 Å². The minimum atomic E-state index is 0.713. The SMILES string of the molecule is CCC(C)CN(CC)c1cc(CNC)ccn1. The van der Waals surface area contributed by atoms with Gasteiger partial charge >= 0.3 is 0 Å². The lowest BCUT2D eigenvalue weighted by Gasteiger charge is -2.25. The Morgan fingerprint density at radius 1 is 1.41 bits per heavy atom. The Morgan fingerprint density at radius 2 is 2.18 bits per heavy atom. The van der Waals surface area contributed by atoms with Crippen LogP contribution >= 0.6 is 0 Å². The van der Waals surface area contributed by atoms with Crippen molar-refractivity contribution in [2.75, 3.05) is 25.0 Å². The molecule has 0 saturated heterocycles. The third-order valence-electron chi connectivity index (χ3n) is 3.13. The van der Waals surface area contributed by atoms with Crippen LogP contribution in [0.2, 0.25) is 0 Å². The molecule has 0 aromatic carbocycles. The van der Waals surface area contributed by atoms with Crippen LogP contribution in [-0.2, 0) is 6.54 Å². The monoisotopic (exact) mass is 235 g/mol. The van der Waals surface area contributed by atoms with Gasteiger partial charge in [0.05, 0.1) is 0 Å². The summed E-state index contributed by atoms with van der Waals surface area (Å²) >= 11 is 0. The van der Waals surface area contributed by atoms with E-state index in [1.807, 2.05) is 13.2 Å². The van der Waals surface area contributed by atoms with E-state index in [1.54, 1.807) is 0 Å². The summed E-state index contributed by atoms with van der Waals surface area (Å²) in [6.45, 7) is 9.72. The highest BCUT2D eigenvalue weighted by molar-refractivity contribution is 5.40. The van der Waals surface area contributed by atoms with Crippen molar-refractivity contribution < 1.29 is 0 Å². The van der Waals surface area contributed by atoms with E-state index in [-0.39, 0.29) is 0 Å². The standard InChI is InChI=1S/C14H25N3/c1-5-12(3)11-17(6-2)14-9-13(10-15-4)7-8-16-14/h7-9,12,15H,5-6,10-11H2,1-4H3. The average molecular weight is 235 g/mol. The quantitative estimate of drug-likeness (QED) is 0.787. The van der Waals surface area contributed by atoms with Crippen LogP contribution in [0.15, 0.2) is 18.3 Å².